The molecule has 0 bridgehead atoms. The van der Waals surface area contributed by atoms with Crippen LogP contribution in [0.2, 0.25) is 0 Å². The van der Waals surface area contributed by atoms with Gasteiger partial charge in [-0.2, -0.15) is 0 Å². The van der Waals surface area contributed by atoms with Crippen molar-refractivity contribution in [2.24, 2.45) is 11.8 Å². The van der Waals surface area contributed by atoms with Crippen molar-refractivity contribution in [2.75, 3.05) is 26.3 Å². The van der Waals surface area contributed by atoms with Crippen molar-refractivity contribution in [3.63, 3.8) is 0 Å². The van der Waals surface area contributed by atoms with Crippen molar-refractivity contribution < 1.29 is 19.4 Å². The molecule has 5 nitrogen and oxygen atoms in total. The number of carbonyl (C=O) groups excluding carboxylic acids is 1. The van der Waals surface area contributed by atoms with Gasteiger partial charge in [-0.1, -0.05) is 36.8 Å². The number of carboxylic acid groups (broad SMARTS) is 1. The number of hydrogen-bond acceptors (Lipinski definition) is 3. The fourth-order valence-corrected chi connectivity index (χ4v) is 4.22. The number of rotatable bonds is 3. The van der Waals surface area contributed by atoms with E-state index in [9.17, 15) is 14.7 Å². The molecule has 2 aliphatic rings. The molecule has 136 valence electrons. The maximum Gasteiger partial charge on any atom is 0.306 e. The van der Waals surface area contributed by atoms with Crippen molar-refractivity contribution in [3.05, 3.63) is 35.4 Å². The number of piperidine rings is 1. The smallest absolute Gasteiger partial charge is 0.306 e. The third kappa shape index (κ3) is 3.43. The Bertz CT molecular complexity index is 634. The molecule has 1 amide bonds. The highest BCUT2D eigenvalue weighted by Gasteiger charge is 2.45. The summed E-state index contributed by atoms with van der Waals surface area (Å²) >= 11 is 0. The summed E-state index contributed by atoms with van der Waals surface area (Å²) in [7, 11) is 0. The van der Waals surface area contributed by atoms with Crippen molar-refractivity contribution in [1.29, 1.82) is 0 Å². The molecule has 2 atom stereocenters. The lowest BCUT2D eigenvalue weighted by Gasteiger charge is -2.43. The number of aliphatic carboxylic acids is 1. The van der Waals surface area contributed by atoms with Gasteiger partial charge >= 0.3 is 5.97 Å². The van der Waals surface area contributed by atoms with Crippen LogP contribution in [0.5, 0.6) is 0 Å². The Morgan fingerprint density at radius 2 is 1.84 bits per heavy atom. The van der Waals surface area contributed by atoms with Gasteiger partial charge < -0.3 is 14.7 Å². The summed E-state index contributed by atoms with van der Waals surface area (Å²) < 4.78 is 5.53. The molecule has 1 N–H and O–H groups in total. The van der Waals surface area contributed by atoms with Gasteiger partial charge in [0, 0.05) is 26.3 Å². The van der Waals surface area contributed by atoms with Gasteiger partial charge in [0.2, 0.25) is 5.91 Å². The minimum atomic E-state index is -0.751. The Balaban J connectivity index is 1.85. The predicted molar refractivity (Wildman–Crippen MR) is 94.4 cm³/mol. The number of benzene rings is 1. The van der Waals surface area contributed by atoms with Gasteiger partial charge in [0.25, 0.3) is 0 Å². The zero-order chi connectivity index (χ0) is 18.0. The van der Waals surface area contributed by atoms with Crippen LogP contribution < -0.4 is 0 Å². The minimum Gasteiger partial charge on any atom is -0.481 e. The molecule has 3 rings (SSSR count). The van der Waals surface area contributed by atoms with Crippen LogP contribution in [0.25, 0.3) is 0 Å². The third-order valence-corrected chi connectivity index (χ3v) is 5.87. The highest BCUT2D eigenvalue weighted by Crippen LogP contribution is 2.38. The van der Waals surface area contributed by atoms with E-state index in [1.165, 1.54) is 5.56 Å². The summed E-state index contributed by atoms with van der Waals surface area (Å²) in [6.45, 7) is 6.18. The van der Waals surface area contributed by atoms with Crippen molar-refractivity contribution >= 4 is 11.9 Å². The number of aryl methyl sites for hydroxylation is 1. The molecule has 25 heavy (non-hydrogen) atoms. The first-order valence-electron chi connectivity index (χ1n) is 9.11. The second kappa shape index (κ2) is 7.16. The molecule has 0 aromatic heterocycles. The van der Waals surface area contributed by atoms with E-state index in [2.05, 4.69) is 24.3 Å². The van der Waals surface area contributed by atoms with Crippen LogP contribution >= 0.6 is 0 Å². The van der Waals surface area contributed by atoms with Gasteiger partial charge in [0.15, 0.2) is 0 Å². The number of nitrogens with zero attached hydrogens (tertiary/aromatic N) is 1. The van der Waals surface area contributed by atoms with E-state index in [0.29, 0.717) is 45.6 Å². The fraction of sp³-hybridized carbons (Fsp3) is 0.600. The largest absolute Gasteiger partial charge is 0.481 e. The molecule has 1 aromatic rings. The summed E-state index contributed by atoms with van der Waals surface area (Å²) in [5, 5.41) is 9.32. The van der Waals surface area contributed by atoms with Crippen LogP contribution in [-0.2, 0) is 19.7 Å². The molecule has 0 aliphatic carbocycles. The lowest BCUT2D eigenvalue weighted by molar-refractivity contribution is -0.151. The second-order valence-corrected chi connectivity index (χ2v) is 7.52. The monoisotopic (exact) mass is 345 g/mol. The second-order valence-electron chi connectivity index (χ2n) is 7.52. The maximum atomic E-state index is 13.5. The molecular weight excluding hydrogens is 318 g/mol. The molecule has 0 spiro atoms. The molecule has 0 saturated carbocycles. The molecule has 2 aliphatic heterocycles. The van der Waals surface area contributed by atoms with Crippen LogP contribution in [0.4, 0.5) is 0 Å². The van der Waals surface area contributed by atoms with E-state index in [1.807, 2.05) is 18.7 Å². The quantitative estimate of drug-likeness (QED) is 0.914. The molecule has 2 fully saturated rings. The third-order valence-electron chi connectivity index (χ3n) is 5.87. The van der Waals surface area contributed by atoms with E-state index in [-0.39, 0.29) is 17.7 Å². The Morgan fingerprint density at radius 3 is 2.40 bits per heavy atom. The zero-order valence-corrected chi connectivity index (χ0v) is 15.0. The molecular formula is C20H27NO4. The van der Waals surface area contributed by atoms with Gasteiger partial charge in [-0.3, -0.25) is 9.59 Å². The number of hydrogen-bond donors (Lipinski definition) is 1. The van der Waals surface area contributed by atoms with Gasteiger partial charge in [-0.15, -0.1) is 0 Å². The standard InChI is InChI=1S/C20H27NO4/c1-14-3-5-16(6-4-14)20(8-11-25-12-9-20)19(24)21-10-7-17(18(22)23)15(2)13-21/h3-6,15,17H,7-13H2,1-2H3,(H,22,23). The van der Waals surface area contributed by atoms with Crippen molar-refractivity contribution in [1.82, 2.24) is 4.90 Å². The maximum absolute atomic E-state index is 13.5. The molecule has 5 heteroatoms. The summed E-state index contributed by atoms with van der Waals surface area (Å²) in [6.07, 6.45) is 1.90. The van der Waals surface area contributed by atoms with Crippen molar-refractivity contribution in [3.8, 4) is 0 Å². The normalized spacial score (nSPS) is 26.2. The fourth-order valence-electron chi connectivity index (χ4n) is 4.22. The van der Waals surface area contributed by atoms with E-state index in [4.69, 9.17) is 4.74 Å². The van der Waals surface area contributed by atoms with Gasteiger partial charge in [-0.05, 0) is 37.7 Å². The molecule has 0 radical (unpaired) electrons. The average molecular weight is 345 g/mol. The van der Waals surface area contributed by atoms with E-state index in [0.717, 1.165) is 5.56 Å². The number of ether oxygens (including phenoxy) is 1. The molecule has 1 aromatic carbocycles. The van der Waals surface area contributed by atoms with Crippen LogP contribution in [0.1, 0.15) is 37.3 Å². The Morgan fingerprint density at radius 1 is 1.20 bits per heavy atom. The van der Waals surface area contributed by atoms with Crippen LogP contribution in [0.15, 0.2) is 24.3 Å². The van der Waals surface area contributed by atoms with Gasteiger partial charge in [-0.25, -0.2) is 0 Å². The molecule has 2 unspecified atom stereocenters. The van der Waals surface area contributed by atoms with Crippen LogP contribution in [0.3, 0.4) is 0 Å². The topological polar surface area (TPSA) is 66.8 Å². The minimum absolute atomic E-state index is 0.0230. The van der Waals surface area contributed by atoms with Crippen LogP contribution in [-0.4, -0.2) is 48.2 Å². The average Bonchev–Trinajstić information content (AvgIpc) is 2.61. The Kier molecular flexibility index (Phi) is 5.13. The number of amides is 1. The summed E-state index contributed by atoms with van der Waals surface area (Å²) in [5.41, 5.74) is 1.69. The lowest BCUT2D eigenvalue weighted by Crippen LogP contribution is -2.54. The molecule has 2 heterocycles. The lowest BCUT2D eigenvalue weighted by atomic mass is 9.72. The Hall–Kier alpha value is -1.88. The van der Waals surface area contributed by atoms with Crippen molar-refractivity contribution in [2.45, 2.75) is 38.5 Å². The van der Waals surface area contributed by atoms with Gasteiger partial charge in [0.05, 0.1) is 11.3 Å². The first-order chi connectivity index (χ1) is 11.9. The van der Waals surface area contributed by atoms with E-state index >= 15 is 0 Å². The SMILES string of the molecule is Cc1ccc(C2(C(=O)N3CCC(C(=O)O)C(C)C3)CCOCC2)cc1. The van der Waals surface area contributed by atoms with E-state index in [1.54, 1.807) is 0 Å². The van der Waals surface area contributed by atoms with E-state index < -0.39 is 11.4 Å². The Labute approximate surface area is 149 Å². The summed E-state index contributed by atoms with van der Waals surface area (Å²) in [5.74, 6) is -0.992. The number of likely N-dealkylation sites (tertiary alicyclic amines) is 1. The summed E-state index contributed by atoms with van der Waals surface area (Å²) in [4.78, 5) is 26.7. The summed E-state index contributed by atoms with van der Waals surface area (Å²) in [6, 6.07) is 8.23. The predicted octanol–water partition coefficient (Wildman–Crippen LogP) is 2.61. The van der Waals surface area contributed by atoms with Gasteiger partial charge in [0.1, 0.15) is 0 Å². The highest BCUT2D eigenvalue weighted by molar-refractivity contribution is 5.88. The first kappa shape index (κ1) is 17.9. The highest BCUT2D eigenvalue weighted by atomic mass is 16.5. The first-order valence-corrected chi connectivity index (χ1v) is 9.11. The number of carbonyl (C=O) groups is 2. The number of carboxylic acids is 1. The zero-order valence-electron chi connectivity index (χ0n) is 15.0. The van der Waals surface area contributed by atoms with Crippen LogP contribution in [0, 0.1) is 18.8 Å². The molecule has 2 saturated heterocycles.